The molecule has 0 atom stereocenters. The second-order valence-electron chi connectivity index (χ2n) is 6.18. The van der Waals surface area contributed by atoms with Crippen LogP contribution in [0.1, 0.15) is 5.56 Å². The standard InChI is InChI=1S/C19H18F3N5O4/c1-29-14-8-13(9-15(30-2)17(14)31-3)23-16(28)10-27-25-18(24-26-27)11-5-4-6-12(7-11)19(20,21)22/h4-9H,10H2,1-3H3,(H,23,28). The lowest BCUT2D eigenvalue weighted by atomic mass is 10.1. The largest absolute Gasteiger partial charge is 0.493 e. The van der Waals surface area contributed by atoms with Crippen molar-refractivity contribution in [2.75, 3.05) is 26.6 Å². The van der Waals surface area contributed by atoms with Crippen LogP contribution in [0.3, 0.4) is 0 Å². The number of hydrogen-bond donors (Lipinski definition) is 1. The molecule has 1 heterocycles. The molecular weight excluding hydrogens is 419 g/mol. The average molecular weight is 437 g/mol. The molecule has 0 aliphatic rings. The van der Waals surface area contributed by atoms with E-state index in [-0.39, 0.29) is 17.9 Å². The number of carbonyl (C=O) groups is 1. The first-order valence-corrected chi connectivity index (χ1v) is 8.80. The zero-order valence-electron chi connectivity index (χ0n) is 16.7. The highest BCUT2D eigenvalue weighted by Crippen LogP contribution is 2.40. The Morgan fingerprint density at radius 2 is 1.74 bits per heavy atom. The Morgan fingerprint density at radius 3 is 2.32 bits per heavy atom. The van der Waals surface area contributed by atoms with Gasteiger partial charge in [-0.25, -0.2) is 0 Å². The van der Waals surface area contributed by atoms with E-state index < -0.39 is 17.6 Å². The maximum atomic E-state index is 12.9. The summed E-state index contributed by atoms with van der Waals surface area (Å²) in [6, 6.07) is 7.61. The number of hydrogen-bond acceptors (Lipinski definition) is 7. The number of nitrogens with one attached hydrogen (secondary N) is 1. The number of benzene rings is 2. The number of nitrogens with zero attached hydrogens (tertiary/aromatic N) is 4. The molecule has 3 aromatic rings. The summed E-state index contributed by atoms with van der Waals surface area (Å²) in [4.78, 5) is 13.3. The van der Waals surface area contributed by atoms with Crippen LogP contribution in [-0.4, -0.2) is 47.4 Å². The van der Waals surface area contributed by atoms with Gasteiger partial charge in [0.2, 0.25) is 17.5 Å². The van der Waals surface area contributed by atoms with Crippen molar-refractivity contribution < 1.29 is 32.2 Å². The Labute approximate surface area is 174 Å². The van der Waals surface area contributed by atoms with Crippen molar-refractivity contribution in [2.45, 2.75) is 12.7 Å². The van der Waals surface area contributed by atoms with E-state index in [0.717, 1.165) is 16.9 Å². The maximum Gasteiger partial charge on any atom is 0.416 e. The number of tetrazole rings is 1. The molecule has 0 fully saturated rings. The number of rotatable bonds is 7. The highest BCUT2D eigenvalue weighted by atomic mass is 19.4. The molecule has 31 heavy (non-hydrogen) atoms. The number of anilines is 1. The minimum Gasteiger partial charge on any atom is -0.493 e. The second kappa shape index (κ2) is 8.90. The van der Waals surface area contributed by atoms with Crippen molar-refractivity contribution in [3.63, 3.8) is 0 Å². The van der Waals surface area contributed by atoms with Crippen LogP contribution in [0.25, 0.3) is 11.4 Å². The minimum absolute atomic E-state index is 0.0355. The van der Waals surface area contributed by atoms with Crippen LogP contribution in [0.15, 0.2) is 36.4 Å². The minimum atomic E-state index is -4.49. The lowest BCUT2D eigenvalue weighted by Crippen LogP contribution is -2.20. The number of aromatic nitrogens is 4. The monoisotopic (exact) mass is 437 g/mol. The molecule has 12 heteroatoms. The van der Waals surface area contributed by atoms with E-state index in [2.05, 4.69) is 20.7 Å². The summed E-state index contributed by atoms with van der Waals surface area (Å²) in [6.45, 7) is -0.317. The molecule has 9 nitrogen and oxygen atoms in total. The summed E-state index contributed by atoms with van der Waals surface area (Å²) >= 11 is 0. The van der Waals surface area contributed by atoms with Crippen LogP contribution < -0.4 is 19.5 Å². The Balaban J connectivity index is 1.74. The number of alkyl halides is 3. The van der Waals surface area contributed by atoms with Gasteiger partial charge in [-0.2, -0.15) is 18.0 Å². The van der Waals surface area contributed by atoms with Gasteiger partial charge in [-0.15, -0.1) is 10.2 Å². The van der Waals surface area contributed by atoms with Crippen molar-refractivity contribution in [1.82, 2.24) is 20.2 Å². The first kappa shape index (κ1) is 21.9. The van der Waals surface area contributed by atoms with Crippen LogP contribution in [0.2, 0.25) is 0 Å². The molecule has 164 valence electrons. The van der Waals surface area contributed by atoms with Gasteiger partial charge in [-0.3, -0.25) is 4.79 Å². The van der Waals surface area contributed by atoms with Crippen molar-refractivity contribution in [2.24, 2.45) is 0 Å². The summed E-state index contributed by atoms with van der Waals surface area (Å²) in [6.07, 6.45) is -4.49. The van der Waals surface area contributed by atoms with Crippen LogP contribution in [0.5, 0.6) is 17.2 Å². The summed E-state index contributed by atoms with van der Waals surface area (Å²) in [7, 11) is 4.34. The fourth-order valence-electron chi connectivity index (χ4n) is 2.74. The molecule has 0 spiro atoms. The van der Waals surface area contributed by atoms with Crippen molar-refractivity contribution in [3.05, 3.63) is 42.0 Å². The zero-order chi connectivity index (χ0) is 22.6. The first-order valence-electron chi connectivity index (χ1n) is 8.80. The lowest BCUT2D eigenvalue weighted by Gasteiger charge is -2.14. The number of methoxy groups -OCH3 is 3. The summed E-state index contributed by atoms with van der Waals surface area (Å²) < 4.78 is 54.3. The Morgan fingerprint density at radius 1 is 1.06 bits per heavy atom. The Kier molecular flexibility index (Phi) is 6.28. The maximum absolute atomic E-state index is 12.9. The first-order chi connectivity index (χ1) is 14.7. The van der Waals surface area contributed by atoms with Gasteiger partial charge in [-0.1, -0.05) is 12.1 Å². The third-order valence-corrected chi connectivity index (χ3v) is 4.13. The number of halogens is 3. The van der Waals surface area contributed by atoms with Crippen molar-refractivity contribution in [3.8, 4) is 28.6 Å². The molecule has 0 saturated carbocycles. The normalized spacial score (nSPS) is 11.2. The molecule has 0 unspecified atom stereocenters. The van der Waals surface area contributed by atoms with E-state index in [0.29, 0.717) is 22.9 Å². The van der Waals surface area contributed by atoms with Crippen LogP contribution in [0, 0.1) is 0 Å². The summed E-state index contributed by atoms with van der Waals surface area (Å²) in [5.74, 6) is 0.534. The Hall–Kier alpha value is -3.83. The topological polar surface area (TPSA) is 100 Å². The van der Waals surface area contributed by atoms with Crippen molar-refractivity contribution in [1.29, 1.82) is 0 Å². The molecule has 0 saturated heterocycles. The van der Waals surface area contributed by atoms with Gasteiger partial charge < -0.3 is 19.5 Å². The predicted octanol–water partition coefficient (Wildman–Crippen LogP) is 3.02. The van der Waals surface area contributed by atoms with Gasteiger partial charge in [0, 0.05) is 23.4 Å². The third kappa shape index (κ3) is 5.02. The van der Waals surface area contributed by atoms with E-state index in [4.69, 9.17) is 14.2 Å². The van der Waals surface area contributed by atoms with E-state index in [1.807, 2.05) is 0 Å². The smallest absolute Gasteiger partial charge is 0.416 e. The molecule has 1 N–H and O–H groups in total. The molecule has 0 aliphatic heterocycles. The summed E-state index contributed by atoms with van der Waals surface area (Å²) in [5, 5.41) is 14.1. The Bertz CT molecular complexity index is 1060. The van der Waals surface area contributed by atoms with Crippen LogP contribution in [-0.2, 0) is 17.5 Å². The van der Waals surface area contributed by atoms with Crippen molar-refractivity contribution >= 4 is 11.6 Å². The molecule has 0 bridgehead atoms. The van der Waals surface area contributed by atoms with E-state index >= 15 is 0 Å². The molecule has 1 amide bonds. The average Bonchev–Trinajstić information content (AvgIpc) is 3.20. The molecule has 0 radical (unpaired) electrons. The predicted molar refractivity (Wildman–Crippen MR) is 103 cm³/mol. The van der Waals surface area contributed by atoms with Gasteiger partial charge >= 0.3 is 6.18 Å². The molecule has 0 aliphatic carbocycles. The zero-order valence-corrected chi connectivity index (χ0v) is 16.7. The van der Waals surface area contributed by atoms with Gasteiger partial charge in [0.25, 0.3) is 0 Å². The van der Waals surface area contributed by atoms with E-state index in [9.17, 15) is 18.0 Å². The second-order valence-corrected chi connectivity index (χ2v) is 6.18. The molecule has 1 aromatic heterocycles. The highest BCUT2D eigenvalue weighted by Gasteiger charge is 2.30. The van der Waals surface area contributed by atoms with Crippen LogP contribution in [0.4, 0.5) is 18.9 Å². The SMILES string of the molecule is COc1cc(NC(=O)Cn2nnc(-c3cccc(C(F)(F)F)c3)n2)cc(OC)c1OC. The quantitative estimate of drug-likeness (QED) is 0.606. The van der Waals surface area contributed by atoms with Gasteiger partial charge in [-0.05, 0) is 17.3 Å². The fraction of sp³-hybridized carbons (Fsp3) is 0.263. The third-order valence-electron chi connectivity index (χ3n) is 4.13. The lowest BCUT2D eigenvalue weighted by molar-refractivity contribution is -0.137. The van der Waals surface area contributed by atoms with Gasteiger partial charge in [0.1, 0.15) is 6.54 Å². The highest BCUT2D eigenvalue weighted by molar-refractivity contribution is 5.91. The van der Waals surface area contributed by atoms with Crippen LogP contribution >= 0.6 is 0 Å². The number of ether oxygens (including phenoxy) is 3. The number of carbonyl (C=O) groups excluding carboxylic acids is 1. The molecule has 2 aromatic carbocycles. The summed E-state index contributed by atoms with van der Waals surface area (Å²) in [5.41, 5.74) is -0.328. The molecule has 3 rings (SSSR count). The van der Waals surface area contributed by atoms with E-state index in [1.54, 1.807) is 12.1 Å². The fourth-order valence-corrected chi connectivity index (χ4v) is 2.74. The van der Waals surface area contributed by atoms with Gasteiger partial charge in [0.15, 0.2) is 11.5 Å². The van der Waals surface area contributed by atoms with Gasteiger partial charge in [0.05, 0.1) is 26.9 Å². The number of amides is 1. The molecular formula is C19H18F3N5O4. The van der Waals surface area contributed by atoms with E-state index in [1.165, 1.54) is 33.5 Å².